The van der Waals surface area contributed by atoms with E-state index in [-0.39, 0.29) is 18.2 Å². The zero-order valence-electron chi connectivity index (χ0n) is 20.3. The Morgan fingerprint density at radius 3 is 2.57 bits per heavy atom. The van der Waals surface area contributed by atoms with Crippen LogP contribution in [0, 0.1) is 5.82 Å². The first-order chi connectivity index (χ1) is 16.6. The number of aromatic amines is 1. The molecular formula is C24H29FN6O4. The Morgan fingerprint density at radius 2 is 1.94 bits per heavy atom. The SMILES string of the molecule is COc1cc(C[C@H](N[C@@H](C)C(=O)OC(C)(C)C)C(=O)Nc2nnn[nH]2)ccc1-c1cccc(F)c1. The van der Waals surface area contributed by atoms with E-state index in [1.807, 2.05) is 6.07 Å². The molecule has 35 heavy (non-hydrogen) atoms. The molecule has 3 rings (SSSR count). The maximum absolute atomic E-state index is 13.7. The average molecular weight is 485 g/mol. The van der Waals surface area contributed by atoms with Gasteiger partial charge in [0.05, 0.1) is 13.2 Å². The van der Waals surface area contributed by atoms with Crippen LogP contribution in [0.3, 0.4) is 0 Å². The largest absolute Gasteiger partial charge is 0.496 e. The second-order valence-electron chi connectivity index (χ2n) is 8.96. The van der Waals surface area contributed by atoms with Gasteiger partial charge in [0.2, 0.25) is 11.9 Å². The molecule has 0 saturated carbocycles. The molecule has 1 aromatic heterocycles. The zero-order chi connectivity index (χ0) is 25.6. The predicted molar refractivity (Wildman–Crippen MR) is 127 cm³/mol. The van der Waals surface area contributed by atoms with E-state index in [0.29, 0.717) is 16.9 Å². The fraction of sp³-hybridized carbons (Fsp3) is 0.375. The number of halogens is 1. The van der Waals surface area contributed by atoms with Crippen LogP contribution in [0.15, 0.2) is 42.5 Å². The van der Waals surface area contributed by atoms with Crippen molar-refractivity contribution in [2.24, 2.45) is 0 Å². The van der Waals surface area contributed by atoms with Crippen molar-refractivity contribution in [2.75, 3.05) is 12.4 Å². The molecule has 0 spiro atoms. The molecule has 10 nitrogen and oxygen atoms in total. The summed E-state index contributed by atoms with van der Waals surface area (Å²) in [6.07, 6.45) is 0.209. The summed E-state index contributed by atoms with van der Waals surface area (Å²) in [7, 11) is 1.52. The summed E-state index contributed by atoms with van der Waals surface area (Å²) >= 11 is 0. The number of nitrogens with zero attached hydrogens (tertiary/aromatic N) is 3. The van der Waals surface area contributed by atoms with Crippen LogP contribution in [0.4, 0.5) is 10.3 Å². The number of nitrogens with one attached hydrogen (secondary N) is 3. The minimum absolute atomic E-state index is 0.0748. The number of benzene rings is 2. The highest BCUT2D eigenvalue weighted by molar-refractivity contribution is 5.94. The zero-order valence-corrected chi connectivity index (χ0v) is 20.3. The highest BCUT2D eigenvalue weighted by atomic mass is 19.1. The molecule has 0 radical (unpaired) electrons. The maximum atomic E-state index is 13.7. The van der Waals surface area contributed by atoms with Crippen molar-refractivity contribution in [1.82, 2.24) is 25.9 Å². The quantitative estimate of drug-likeness (QED) is 0.395. The Labute approximate surface area is 202 Å². The van der Waals surface area contributed by atoms with E-state index in [1.54, 1.807) is 52.0 Å². The maximum Gasteiger partial charge on any atom is 0.323 e. The molecule has 186 valence electrons. The number of esters is 1. The summed E-state index contributed by atoms with van der Waals surface area (Å²) < 4.78 is 24.7. The number of hydrogen-bond acceptors (Lipinski definition) is 8. The lowest BCUT2D eigenvalue weighted by Gasteiger charge is -2.25. The molecule has 0 saturated heterocycles. The Bertz CT molecular complexity index is 1160. The molecule has 1 amide bonds. The number of amides is 1. The molecule has 3 N–H and O–H groups in total. The lowest BCUT2D eigenvalue weighted by atomic mass is 9.98. The van der Waals surface area contributed by atoms with Crippen LogP contribution in [-0.4, -0.2) is 57.3 Å². The van der Waals surface area contributed by atoms with E-state index >= 15 is 0 Å². The number of tetrazole rings is 1. The number of hydrogen-bond donors (Lipinski definition) is 3. The summed E-state index contributed by atoms with van der Waals surface area (Å²) in [5.41, 5.74) is 1.45. The number of anilines is 1. The molecule has 0 aliphatic heterocycles. The monoisotopic (exact) mass is 484 g/mol. The van der Waals surface area contributed by atoms with Crippen molar-refractivity contribution in [3.63, 3.8) is 0 Å². The van der Waals surface area contributed by atoms with Gasteiger partial charge in [0.25, 0.3) is 0 Å². The number of methoxy groups -OCH3 is 1. The van der Waals surface area contributed by atoms with Crippen molar-refractivity contribution in [2.45, 2.75) is 51.8 Å². The predicted octanol–water partition coefficient (Wildman–Crippen LogP) is 2.88. The molecule has 0 unspecified atom stereocenters. The number of aromatic nitrogens is 4. The van der Waals surface area contributed by atoms with Gasteiger partial charge in [-0.1, -0.05) is 29.4 Å². The molecular weight excluding hydrogens is 455 g/mol. The standard InChI is InChI=1S/C24H29FN6O4/c1-14(22(33)35-24(2,3)4)26-19(21(32)27-23-28-30-31-29-23)11-15-9-10-18(20(12-15)34-5)16-7-6-8-17(25)13-16/h6-10,12-14,19,26H,11H2,1-5H3,(H2,27,28,29,30,31,32)/t14-,19-/m0/s1. The lowest BCUT2D eigenvalue weighted by molar-refractivity contribution is -0.157. The third-order valence-corrected chi connectivity index (χ3v) is 4.96. The summed E-state index contributed by atoms with van der Waals surface area (Å²) in [5.74, 6) is -0.701. The van der Waals surface area contributed by atoms with Gasteiger partial charge in [-0.05, 0) is 73.9 Å². The summed E-state index contributed by atoms with van der Waals surface area (Å²) in [5, 5.41) is 18.6. The fourth-order valence-corrected chi connectivity index (χ4v) is 3.40. The van der Waals surface area contributed by atoms with Gasteiger partial charge in [-0.15, -0.1) is 0 Å². The van der Waals surface area contributed by atoms with E-state index in [9.17, 15) is 14.0 Å². The number of carbonyl (C=O) groups is 2. The van der Waals surface area contributed by atoms with E-state index in [1.165, 1.54) is 19.2 Å². The normalized spacial score (nSPS) is 13.1. The average Bonchev–Trinajstić information content (AvgIpc) is 3.30. The highest BCUT2D eigenvalue weighted by Gasteiger charge is 2.28. The van der Waals surface area contributed by atoms with Gasteiger partial charge in [0.15, 0.2) is 0 Å². The minimum atomic E-state index is -0.840. The van der Waals surface area contributed by atoms with Gasteiger partial charge >= 0.3 is 5.97 Å². The lowest BCUT2D eigenvalue weighted by Crippen LogP contribution is -2.50. The van der Waals surface area contributed by atoms with Crippen LogP contribution in [0.2, 0.25) is 0 Å². The van der Waals surface area contributed by atoms with E-state index < -0.39 is 29.6 Å². The molecule has 2 atom stereocenters. The van der Waals surface area contributed by atoms with Crippen molar-refractivity contribution in [3.8, 4) is 16.9 Å². The molecule has 1 heterocycles. The first-order valence-electron chi connectivity index (χ1n) is 11.0. The van der Waals surface area contributed by atoms with Gasteiger partial charge in [-0.3, -0.25) is 20.2 Å². The molecule has 0 aliphatic rings. The van der Waals surface area contributed by atoms with Gasteiger partial charge in [0, 0.05) is 5.56 Å². The van der Waals surface area contributed by atoms with Gasteiger partial charge < -0.3 is 9.47 Å². The Balaban J connectivity index is 1.84. The first kappa shape index (κ1) is 25.8. The molecule has 3 aromatic rings. The molecule has 0 bridgehead atoms. The van der Waals surface area contributed by atoms with Gasteiger partial charge in [-0.2, -0.15) is 0 Å². The molecule has 0 fully saturated rings. The van der Waals surface area contributed by atoms with Crippen molar-refractivity contribution < 1.29 is 23.5 Å². The molecule has 2 aromatic carbocycles. The van der Waals surface area contributed by atoms with Crippen LogP contribution in [-0.2, 0) is 20.7 Å². The summed E-state index contributed by atoms with van der Waals surface area (Å²) in [6.45, 7) is 6.93. The van der Waals surface area contributed by atoms with Crippen LogP contribution in [0.1, 0.15) is 33.3 Å². The smallest absolute Gasteiger partial charge is 0.323 e. The number of carbonyl (C=O) groups excluding carboxylic acids is 2. The second kappa shape index (κ2) is 11.0. The van der Waals surface area contributed by atoms with Crippen LogP contribution < -0.4 is 15.4 Å². The van der Waals surface area contributed by atoms with Gasteiger partial charge in [-0.25, -0.2) is 9.49 Å². The third-order valence-electron chi connectivity index (χ3n) is 4.96. The van der Waals surface area contributed by atoms with Crippen molar-refractivity contribution in [1.29, 1.82) is 0 Å². The number of ether oxygens (including phenoxy) is 2. The van der Waals surface area contributed by atoms with E-state index in [2.05, 4.69) is 31.3 Å². The van der Waals surface area contributed by atoms with Gasteiger partial charge in [0.1, 0.15) is 23.2 Å². The fourth-order valence-electron chi connectivity index (χ4n) is 3.40. The molecule has 0 aliphatic carbocycles. The minimum Gasteiger partial charge on any atom is -0.496 e. The Morgan fingerprint density at radius 1 is 1.17 bits per heavy atom. The van der Waals surface area contributed by atoms with Crippen LogP contribution in [0.5, 0.6) is 5.75 Å². The molecule has 11 heteroatoms. The van der Waals surface area contributed by atoms with Crippen LogP contribution in [0.25, 0.3) is 11.1 Å². The van der Waals surface area contributed by atoms with Crippen molar-refractivity contribution in [3.05, 3.63) is 53.8 Å². The van der Waals surface area contributed by atoms with E-state index in [0.717, 1.165) is 5.56 Å². The Kier molecular flexibility index (Phi) is 8.13. The topological polar surface area (TPSA) is 131 Å². The second-order valence-corrected chi connectivity index (χ2v) is 8.96. The summed E-state index contributed by atoms with van der Waals surface area (Å²) in [6, 6.07) is 9.98. The highest BCUT2D eigenvalue weighted by Crippen LogP contribution is 2.31. The summed E-state index contributed by atoms with van der Waals surface area (Å²) in [4.78, 5) is 25.5. The Hall–Kier alpha value is -3.86. The van der Waals surface area contributed by atoms with Crippen LogP contribution >= 0.6 is 0 Å². The van der Waals surface area contributed by atoms with Crippen molar-refractivity contribution >= 4 is 17.8 Å². The number of rotatable bonds is 9. The number of H-pyrrole nitrogens is 1. The van der Waals surface area contributed by atoms with E-state index in [4.69, 9.17) is 9.47 Å². The third kappa shape index (κ3) is 7.31. The first-order valence-corrected chi connectivity index (χ1v) is 11.0.